The summed E-state index contributed by atoms with van der Waals surface area (Å²) in [5, 5.41) is 0. The molecule has 0 bridgehead atoms. The van der Waals surface area contributed by atoms with Crippen LogP contribution in [0.3, 0.4) is 0 Å². The summed E-state index contributed by atoms with van der Waals surface area (Å²) in [5.74, 6) is -0.649. The van der Waals surface area contributed by atoms with Crippen molar-refractivity contribution in [3.63, 3.8) is 0 Å². The Labute approximate surface area is 154 Å². The number of carbonyl (C=O) groups is 1. The van der Waals surface area contributed by atoms with Gasteiger partial charge in [-0.15, -0.1) is 0 Å². The Morgan fingerprint density at radius 2 is 1.96 bits per heavy atom. The van der Waals surface area contributed by atoms with Crippen molar-refractivity contribution in [2.75, 3.05) is 25.0 Å². The van der Waals surface area contributed by atoms with E-state index in [-0.39, 0.29) is 16.6 Å². The van der Waals surface area contributed by atoms with E-state index in [1.54, 1.807) is 14.1 Å². The van der Waals surface area contributed by atoms with E-state index < -0.39 is 15.9 Å². The summed E-state index contributed by atoms with van der Waals surface area (Å²) in [6, 6.07) is 11.2. The molecule has 0 saturated carbocycles. The Balaban J connectivity index is 1.82. The molecule has 1 fully saturated rings. The molecule has 0 spiro atoms. The molecule has 1 amide bonds. The quantitative estimate of drug-likeness (QED) is 0.855. The van der Waals surface area contributed by atoms with E-state index >= 15 is 0 Å². The molecule has 8 heteroatoms. The monoisotopic (exact) mass is 376 g/mol. The third-order valence-electron chi connectivity index (χ3n) is 4.94. The molecule has 0 unspecified atom stereocenters. The maximum absolute atomic E-state index is 13.0. The number of hydrogen-bond acceptors (Lipinski definition) is 4. The number of carbonyl (C=O) groups excluding carboxylic acids is 1. The summed E-state index contributed by atoms with van der Waals surface area (Å²) < 4.78 is 28.9. The van der Waals surface area contributed by atoms with Gasteiger partial charge in [-0.05, 0) is 31.0 Å². The Bertz CT molecular complexity index is 892. The summed E-state index contributed by atoms with van der Waals surface area (Å²) >= 11 is 0. The highest BCUT2D eigenvalue weighted by Crippen LogP contribution is 2.26. The lowest BCUT2D eigenvalue weighted by atomic mass is 10.1. The number of amides is 1. The molecule has 140 valence electrons. The van der Waals surface area contributed by atoms with Gasteiger partial charge in [0.25, 0.3) is 5.91 Å². The highest BCUT2D eigenvalue weighted by molar-refractivity contribution is 7.89. The van der Waals surface area contributed by atoms with Crippen molar-refractivity contribution in [2.45, 2.75) is 23.8 Å². The predicted molar refractivity (Wildman–Crippen MR) is 101 cm³/mol. The number of hydrogen-bond donors (Lipinski definition) is 1. The van der Waals surface area contributed by atoms with Crippen LogP contribution in [0, 0.1) is 0 Å². The molecule has 1 aliphatic heterocycles. The fraction of sp³-hybridized carbons (Fsp3) is 0.389. The van der Waals surface area contributed by atoms with Gasteiger partial charge >= 0.3 is 0 Å². The number of benzene rings is 1. The summed E-state index contributed by atoms with van der Waals surface area (Å²) in [7, 11) is -0.491. The van der Waals surface area contributed by atoms with Crippen molar-refractivity contribution in [3.05, 3.63) is 48.3 Å². The number of para-hydroxylation sites is 1. The molecule has 1 aromatic heterocycles. The van der Waals surface area contributed by atoms with Crippen LogP contribution in [0.1, 0.15) is 23.3 Å². The average Bonchev–Trinajstić information content (AvgIpc) is 3.05. The number of likely N-dealkylation sites (N-methyl/N-ethyl adjacent to an activating group) is 1. The van der Waals surface area contributed by atoms with E-state index in [1.807, 2.05) is 30.3 Å². The minimum absolute atomic E-state index is 0.0909. The normalized spacial score (nSPS) is 18.3. The second-order valence-electron chi connectivity index (χ2n) is 6.64. The largest absolute Gasteiger partial charge is 0.370 e. The van der Waals surface area contributed by atoms with Gasteiger partial charge < -0.3 is 15.2 Å². The van der Waals surface area contributed by atoms with Crippen molar-refractivity contribution in [1.29, 1.82) is 0 Å². The van der Waals surface area contributed by atoms with E-state index in [0.717, 1.165) is 25.1 Å². The number of nitrogens with zero attached hydrogens (tertiary/aromatic N) is 3. The fourth-order valence-corrected chi connectivity index (χ4v) is 4.86. The molecular weight excluding hydrogens is 352 g/mol. The molecule has 1 atom stereocenters. The maximum Gasteiger partial charge on any atom is 0.265 e. The summed E-state index contributed by atoms with van der Waals surface area (Å²) in [6.07, 6.45) is 3.15. The van der Waals surface area contributed by atoms with Crippen molar-refractivity contribution in [2.24, 2.45) is 12.8 Å². The van der Waals surface area contributed by atoms with Gasteiger partial charge in [0.1, 0.15) is 10.6 Å². The van der Waals surface area contributed by atoms with Crippen molar-refractivity contribution in [1.82, 2.24) is 8.87 Å². The maximum atomic E-state index is 13.0. The molecular formula is C18H24N4O3S. The smallest absolute Gasteiger partial charge is 0.265 e. The van der Waals surface area contributed by atoms with E-state index in [1.165, 1.54) is 21.1 Å². The van der Waals surface area contributed by atoms with Crippen LogP contribution >= 0.6 is 0 Å². The van der Waals surface area contributed by atoms with E-state index in [4.69, 9.17) is 5.73 Å². The van der Waals surface area contributed by atoms with Gasteiger partial charge in [-0.3, -0.25) is 4.79 Å². The van der Waals surface area contributed by atoms with Gasteiger partial charge in [-0.25, -0.2) is 8.42 Å². The van der Waals surface area contributed by atoms with E-state index in [2.05, 4.69) is 4.90 Å². The minimum Gasteiger partial charge on any atom is -0.370 e. The second-order valence-corrected chi connectivity index (χ2v) is 8.63. The predicted octanol–water partition coefficient (Wildman–Crippen LogP) is 1.41. The van der Waals surface area contributed by atoms with Gasteiger partial charge in [0.15, 0.2) is 0 Å². The first-order valence-corrected chi connectivity index (χ1v) is 9.99. The molecule has 1 aromatic carbocycles. The number of piperidine rings is 1. The molecule has 2 N–H and O–H groups in total. The van der Waals surface area contributed by atoms with Crippen molar-refractivity contribution < 1.29 is 13.2 Å². The lowest BCUT2D eigenvalue weighted by Crippen LogP contribution is -2.48. The van der Waals surface area contributed by atoms with Gasteiger partial charge in [0, 0.05) is 45.1 Å². The lowest BCUT2D eigenvalue weighted by molar-refractivity contribution is 0.0992. The highest BCUT2D eigenvalue weighted by Gasteiger charge is 2.32. The molecule has 7 nitrogen and oxygen atoms in total. The topological polar surface area (TPSA) is 88.6 Å². The van der Waals surface area contributed by atoms with Crippen LogP contribution in [-0.2, 0) is 17.1 Å². The SMILES string of the molecule is CN([C@H]1CCCN(c2ccccc2)C1)S(=O)(=O)c1cc(C(N)=O)n(C)c1. The zero-order valence-electron chi connectivity index (χ0n) is 15.0. The third-order valence-corrected chi connectivity index (χ3v) is 6.82. The van der Waals surface area contributed by atoms with Crippen molar-refractivity contribution >= 4 is 21.6 Å². The number of sulfonamides is 1. The molecule has 3 rings (SSSR count). The minimum atomic E-state index is -3.70. The van der Waals surface area contributed by atoms with E-state index in [0.29, 0.717) is 6.54 Å². The Morgan fingerprint density at radius 3 is 2.58 bits per heavy atom. The Morgan fingerprint density at radius 1 is 1.27 bits per heavy atom. The zero-order chi connectivity index (χ0) is 18.9. The molecule has 26 heavy (non-hydrogen) atoms. The standard InChI is InChI=1S/C18H24N4O3S/c1-20-13-16(11-17(20)18(19)23)26(24,25)21(2)15-9-6-10-22(12-15)14-7-4-3-5-8-14/h3-5,7-8,11,13,15H,6,9-10,12H2,1-2H3,(H2,19,23)/t15-/m0/s1. The number of rotatable bonds is 5. The second kappa shape index (κ2) is 7.13. The van der Waals surface area contributed by atoms with Crippen LogP contribution in [0.15, 0.2) is 47.5 Å². The summed E-state index contributed by atoms with van der Waals surface area (Å²) in [5.41, 5.74) is 6.57. The Kier molecular flexibility index (Phi) is 5.06. The number of aromatic nitrogens is 1. The molecule has 2 aromatic rings. The van der Waals surface area contributed by atoms with Crippen LogP contribution < -0.4 is 10.6 Å². The number of primary amides is 1. The Hall–Kier alpha value is -2.32. The van der Waals surface area contributed by atoms with Gasteiger partial charge in [0.05, 0.1) is 0 Å². The van der Waals surface area contributed by atoms with Crippen molar-refractivity contribution in [3.8, 4) is 0 Å². The van der Waals surface area contributed by atoms with E-state index in [9.17, 15) is 13.2 Å². The number of nitrogens with two attached hydrogens (primary N) is 1. The van der Waals surface area contributed by atoms with Crippen LogP contribution in [0.25, 0.3) is 0 Å². The van der Waals surface area contributed by atoms with Crippen LogP contribution in [0.2, 0.25) is 0 Å². The fourth-order valence-electron chi connectivity index (χ4n) is 3.41. The molecule has 0 aliphatic carbocycles. The number of aryl methyl sites for hydroxylation is 1. The summed E-state index contributed by atoms with van der Waals surface area (Å²) in [6.45, 7) is 1.54. The van der Waals surface area contributed by atoms with Crippen LogP contribution in [0.4, 0.5) is 5.69 Å². The first-order chi connectivity index (χ1) is 12.3. The zero-order valence-corrected chi connectivity index (χ0v) is 15.8. The molecule has 1 aliphatic rings. The molecule has 2 heterocycles. The first-order valence-electron chi connectivity index (χ1n) is 8.55. The molecule has 0 radical (unpaired) electrons. The lowest BCUT2D eigenvalue weighted by Gasteiger charge is -2.38. The molecule has 1 saturated heterocycles. The van der Waals surface area contributed by atoms with Crippen LogP contribution in [-0.4, -0.2) is 49.4 Å². The third kappa shape index (κ3) is 3.47. The van der Waals surface area contributed by atoms with Gasteiger partial charge in [-0.1, -0.05) is 18.2 Å². The summed E-state index contributed by atoms with van der Waals surface area (Å²) in [4.78, 5) is 13.7. The average molecular weight is 376 g/mol. The number of anilines is 1. The van der Waals surface area contributed by atoms with Gasteiger partial charge in [0.2, 0.25) is 10.0 Å². The van der Waals surface area contributed by atoms with Gasteiger partial charge in [-0.2, -0.15) is 4.31 Å². The highest BCUT2D eigenvalue weighted by atomic mass is 32.2. The first kappa shape index (κ1) is 18.5. The van der Waals surface area contributed by atoms with Crippen LogP contribution in [0.5, 0.6) is 0 Å².